The molecule has 3 unspecified atom stereocenters. The fourth-order valence-electron chi connectivity index (χ4n) is 3.09. The summed E-state index contributed by atoms with van der Waals surface area (Å²) in [6.45, 7) is 3.08. The van der Waals surface area contributed by atoms with Gasteiger partial charge in [0.1, 0.15) is 5.82 Å². The second-order valence-electron chi connectivity index (χ2n) is 5.51. The van der Waals surface area contributed by atoms with Crippen molar-refractivity contribution in [1.82, 2.24) is 0 Å². The third kappa shape index (κ3) is 3.29. The highest BCUT2D eigenvalue weighted by Crippen LogP contribution is 2.35. The Kier molecular flexibility index (Phi) is 4.16. The molecule has 2 rings (SSSR count). The Morgan fingerprint density at radius 1 is 1.29 bits per heavy atom. The lowest BCUT2D eigenvalue weighted by Crippen LogP contribution is -2.31. The second kappa shape index (κ2) is 5.63. The molecule has 0 saturated heterocycles. The normalized spacial score (nSPS) is 29.2. The predicted molar refractivity (Wildman–Crippen MR) is 69.2 cm³/mol. The summed E-state index contributed by atoms with van der Waals surface area (Å²) in [6.07, 6.45) is 4.74. The molecule has 0 aliphatic heterocycles. The molecule has 1 nitrogen and oxygen atoms in total. The maximum absolute atomic E-state index is 13.2. The van der Waals surface area contributed by atoms with Gasteiger partial charge in [0.15, 0.2) is 0 Å². The van der Waals surface area contributed by atoms with E-state index in [2.05, 4.69) is 6.92 Å². The van der Waals surface area contributed by atoms with Gasteiger partial charge in [0.05, 0.1) is 0 Å². The van der Waals surface area contributed by atoms with Crippen molar-refractivity contribution in [3.05, 3.63) is 35.6 Å². The fraction of sp³-hybridized carbons (Fsp3) is 0.600. The third-order valence-electron chi connectivity index (χ3n) is 4.09. The minimum atomic E-state index is -0.129. The smallest absolute Gasteiger partial charge is 0.123 e. The van der Waals surface area contributed by atoms with Crippen molar-refractivity contribution in [3.63, 3.8) is 0 Å². The first-order chi connectivity index (χ1) is 8.19. The summed E-state index contributed by atoms with van der Waals surface area (Å²) in [5, 5.41) is 0. The van der Waals surface area contributed by atoms with Crippen LogP contribution >= 0.6 is 0 Å². The lowest BCUT2D eigenvalue weighted by atomic mass is 9.72. The van der Waals surface area contributed by atoms with Crippen LogP contribution in [0.3, 0.4) is 0 Å². The van der Waals surface area contributed by atoms with Crippen LogP contribution in [0, 0.1) is 23.6 Å². The molecule has 1 saturated carbocycles. The van der Waals surface area contributed by atoms with Crippen LogP contribution in [-0.4, -0.2) is 6.54 Å². The van der Waals surface area contributed by atoms with Crippen molar-refractivity contribution < 1.29 is 4.39 Å². The first-order valence-electron chi connectivity index (χ1n) is 6.63. The molecule has 1 aromatic carbocycles. The topological polar surface area (TPSA) is 26.0 Å². The molecular formula is C15H22FN. The lowest BCUT2D eigenvalue weighted by Gasteiger charge is -2.34. The van der Waals surface area contributed by atoms with Crippen molar-refractivity contribution >= 4 is 0 Å². The highest BCUT2D eigenvalue weighted by atomic mass is 19.1. The van der Waals surface area contributed by atoms with Gasteiger partial charge >= 0.3 is 0 Å². The summed E-state index contributed by atoms with van der Waals surface area (Å²) in [4.78, 5) is 0. The number of hydrogen-bond acceptors (Lipinski definition) is 1. The maximum Gasteiger partial charge on any atom is 0.123 e. The summed E-state index contributed by atoms with van der Waals surface area (Å²) < 4.78 is 13.2. The summed E-state index contributed by atoms with van der Waals surface area (Å²) in [6, 6.07) is 6.99. The Labute approximate surface area is 103 Å². The van der Waals surface area contributed by atoms with E-state index >= 15 is 0 Å². The molecule has 3 atom stereocenters. The average Bonchev–Trinajstić information content (AvgIpc) is 2.29. The van der Waals surface area contributed by atoms with E-state index in [0.717, 1.165) is 24.4 Å². The lowest BCUT2D eigenvalue weighted by molar-refractivity contribution is 0.193. The van der Waals surface area contributed by atoms with E-state index in [1.807, 2.05) is 6.07 Å². The Morgan fingerprint density at radius 3 is 2.82 bits per heavy atom. The largest absolute Gasteiger partial charge is 0.330 e. The molecule has 0 bridgehead atoms. The Morgan fingerprint density at radius 2 is 2.12 bits per heavy atom. The first-order valence-corrected chi connectivity index (χ1v) is 6.63. The van der Waals surface area contributed by atoms with Crippen LogP contribution in [0.1, 0.15) is 31.7 Å². The van der Waals surface area contributed by atoms with Crippen molar-refractivity contribution in [3.8, 4) is 0 Å². The maximum atomic E-state index is 13.2. The van der Waals surface area contributed by atoms with E-state index in [1.54, 1.807) is 12.1 Å². The van der Waals surface area contributed by atoms with Crippen LogP contribution in [0.2, 0.25) is 0 Å². The van der Waals surface area contributed by atoms with E-state index in [9.17, 15) is 4.39 Å². The summed E-state index contributed by atoms with van der Waals surface area (Å²) in [7, 11) is 0. The number of hydrogen-bond donors (Lipinski definition) is 1. The molecule has 0 heterocycles. The zero-order valence-electron chi connectivity index (χ0n) is 10.5. The Balaban J connectivity index is 2.04. The van der Waals surface area contributed by atoms with Crippen molar-refractivity contribution in [2.75, 3.05) is 6.54 Å². The van der Waals surface area contributed by atoms with Gasteiger partial charge in [0.2, 0.25) is 0 Å². The highest BCUT2D eigenvalue weighted by Gasteiger charge is 2.27. The van der Waals surface area contributed by atoms with E-state index in [4.69, 9.17) is 5.73 Å². The molecule has 1 fully saturated rings. The Hall–Kier alpha value is -0.890. The van der Waals surface area contributed by atoms with Crippen LogP contribution in [0.4, 0.5) is 4.39 Å². The molecule has 2 N–H and O–H groups in total. The summed E-state index contributed by atoms with van der Waals surface area (Å²) >= 11 is 0. The predicted octanol–water partition coefficient (Wildman–Crippen LogP) is 3.38. The third-order valence-corrected chi connectivity index (χ3v) is 4.09. The minimum Gasteiger partial charge on any atom is -0.330 e. The summed E-state index contributed by atoms with van der Waals surface area (Å²) in [5.74, 6) is 1.91. The molecule has 0 amide bonds. The van der Waals surface area contributed by atoms with Crippen LogP contribution in [-0.2, 0) is 6.42 Å². The van der Waals surface area contributed by atoms with Gasteiger partial charge in [-0.1, -0.05) is 25.5 Å². The molecule has 1 aliphatic carbocycles. The first kappa shape index (κ1) is 12.6. The standard InChI is InChI=1S/C15H22FN/c1-11-5-6-13(10-17)14(7-11)8-12-3-2-4-15(16)9-12/h2-4,9,11,13-14H,5-8,10,17H2,1H3. The zero-order chi connectivity index (χ0) is 12.3. The average molecular weight is 235 g/mol. The van der Waals surface area contributed by atoms with Gasteiger partial charge in [-0.25, -0.2) is 4.39 Å². The fourth-order valence-corrected chi connectivity index (χ4v) is 3.09. The molecule has 0 spiro atoms. The Bertz CT molecular complexity index is 364. The van der Waals surface area contributed by atoms with Gasteiger partial charge in [-0.3, -0.25) is 0 Å². The van der Waals surface area contributed by atoms with Crippen LogP contribution in [0.25, 0.3) is 0 Å². The van der Waals surface area contributed by atoms with E-state index in [0.29, 0.717) is 11.8 Å². The van der Waals surface area contributed by atoms with Crippen LogP contribution < -0.4 is 5.73 Å². The number of benzene rings is 1. The molecular weight excluding hydrogens is 213 g/mol. The van der Waals surface area contributed by atoms with E-state index < -0.39 is 0 Å². The van der Waals surface area contributed by atoms with Crippen molar-refractivity contribution in [1.29, 1.82) is 0 Å². The van der Waals surface area contributed by atoms with E-state index in [1.165, 1.54) is 25.3 Å². The molecule has 2 heteroatoms. The van der Waals surface area contributed by atoms with E-state index in [-0.39, 0.29) is 5.82 Å². The number of halogens is 1. The quantitative estimate of drug-likeness (QED) is 0.854. The second-order valence-corrected chi connectivity index (χ2v) is 5.51. The molecule has 0 radical (unpaired) electrons. The SMILES string of the molecule is CC1CCC(CN)C(Cc2cccc(F)c2)C1. The van der Waals surface area contributed by atoms with Crippen LogP contribution in [0.5, 0.6) is 0 Å². The molecule has 0 aromatic heterocycles. The van der Waals surface area contributed by atoms with Gasteiger partial charge in [-0.15, -0.1) is 0 Å². The molecule has 17 heavy (non-hydrogen) atoms. The minimum absolute atomic E-state index is 0.129. The number of nitrogens with two attached hydrogens (primary N) is 1. The van der Waals surface area contributed by atoms with Crippen molar-refractivity contribution in [2.24, 2.45) is 23.5 Å². The van der Waals surface area contributed by atoms with Gasteiger partial charge < -0.3 is 5.73 Å². The zero-order valence-corrected chi connectivity index (χ0v) is 10.5. The molecule has 1 aliphatic rings. The van der Waals surface area contributed by atoms with Gasteiger partial charge in [0.25, 0.3) is 0 Å². The summed E-state index contributed by atoms with van der Waals surface area (Å²) in [5.41, 5.74) is 6.96. The highest BCUT2D eigenvalue weighted by molar-refractivity contribution is 5.17. The number of rotatable bonds is 3. The monoisotopic (exact) mass is 235 g/mol. The van der Waals surface area contributed by atoms with Gasteiger partial charge in [-0.2, -0.15) is 0 Å². The molecule has 1 aromatic rings. The molecule has 94 valence electrons. The van der Waals surface area contributed by atoms with Gasteiger partial charge in [0, 0.05) is 0 Å². The van der Waals surface area contributed by atoms with Crippen molar-refractivity contribution in [2.45, 2.75) is 32.6 Å². The van der Waals surface area contributed by atoms with Gasteiger partial charge in [-0.05, 0) is 61.3 Å². The van der Waals surface area contributed by atoms with Crippen LogP contribution in [0.15, 0.2) is 24.3 Å².